The van der Waals surface area contributed by atoms with E-state index in [4.69, 9.17) is 0 Å². The number of amides is 2. The molecule has 0 saturated heterocycles. The summed E-state index contributed by atoms with van der Waals surface area (Å²) in [4.78, 5) is 32.1. The Balaban J connectivity index is 1.56. The van der Waals surface area contributed by atoms with Gasteiger partial charge < -0.3 is 10.6 Å². The van der Waals surface area contributed by atoms with Gasteiger partial charge in [-0.15, -0.1) is 11.3 Å². The predicted octanol–water partition coefficient (Wildman–Crippen LogP) is 2.77. The van der Waals surface area contributed by atoms with Crippen molar-refractivity contribution >= 4 is 28.8 Å². The van der Waals surface area contributed by atoms with Crippen molar-refractivity contribution in [2.75, 3.05) is 5.32 Å². The van der Waals surface area contributed by atoms with E-state index in [9.17, 15) is 9.59 Å². The second-order valence-corrected chi connectivity index (χ2v) is 6.38. The van der Waals surface area contributed by atoms with Gasteiger partial charge in [0.25, 0.3) is 0 Å². The number of nitrogens with one attached hydrogen (secondary N) is 2. The summed E-state index contributed by atoms with van der Waals surface area (Å²) in [5.74, 6) is -1.39. The second kappa shape index (κ2) is 7.67. The number of rotatable bonds is 4. The van der Waals surface area contributed by atoms with Crippen molar-refractivity contribution in [1.82, 2.24) is 15.3 Å². The lowest BCUT2D eigenvalue weighted by molar-refractivity contribution is -0.136. The number of aromatic nitrogens is 2. The minimum Gasteiger partial charge on any atom is -0.344 e. The van der Waals surface area contributed by atoms with E-state index < -0.39 is 11.8 Å². The van der Waals surface area contributed by atoms with Crippen LogP contribution in [-0.4, -0.2) is 21.8 Å². The fraction of sp³-hybridized carbons (Fsp3) is 0.111. The maximum absolute atomic E-state index is 11.9. The predicted molar refractivity (Wildman–Crippen MR) is 97.0 cm³/mol. The van der Waals surface area contributed by atoms with Gasteiger partial charge in [-0.2, -0.15) is 0 Å². The van der Waals surface area contributed by atoms with Crippen molar-refractivity contribution in [3.63, 3.8) is 0 Å². The summed E-state index contributed by atoms with van der Waals surface area (Å²) in [6, 6.07) is 10.8. The number of anilines is 1. The smallest absolute Gasteiger partial charge is 0.313 e. The minimum absolute atomic E-state index is 0.275. The van der Waals surface area contributed by atoms with Crippen LogP contribution in [0.25, 0.3) is 11.3 Å². The van der Waals surface area contributed by atoms with Crippen LogP contribution in [0.5, 0.6) is 0 Å². The number of pyridine rings is 1. The molecule has 3 aromatic rings. The largest absolute Gasteiger partial charge is 0.344 e. The molecule has 7 heteroatoms. The summed E-state index contributed by atoms with van der Waals surface area (Å²) in [6.45, 7) is 2.23. The van der Waals surface area contributed by atoms with Crippen LogP contribution in [0, 0.1) is 6.92 Å². The zero-order chi connectivity index (χ0) is 17.6. The van der Waals surface area contributed by atoms with Gasteiger partial charge in [0.1, 0.15) is 0 Å². The van der Waals surface area contributed by atoms with Crippen molar-refractivity contribution < 1.29 is 9.59 Å². The number of hydrogen-bond donors (Lipinski definition) is 2. The van der Waals surface area contributed by atoms with Crippen LogP contribution in [0.15, 0.2) is 54.2 Å². The average molecular weight is 352 g/mol. The molecule has 2 N–H and O–H groups in total. The molecule has 2 heterocycles. The topological polar surface area (TPSA) is 84.0 Å². The molecule has 0 aliphatic heterocycles. The quantitative estimate of drug-likeness (QED) is 0.707. The van der Waals surface area contributed by atoms with Crippen molar-refractivity contribution in [3.8, 4) is 11.3 Å². The summed E-state index contributed by atoms with van der Waals surface area (Å²) in [5.41, 5.74) is 3.29. The number of carbonyl (C=O) groups is 2. The van der Waals surface area contributed by atoms with Crippen molar-refractivity contribution in [1.29, 1.82) is 0 Å². The summed E-state index contributed by atoms with van der Waals surface area (Å²) < 4.78 is 0. The molecule has 6 nitrogen and oxygen atoms in total. The first-order valence-corrected chi connectivity index (χ1v) is 8.50. The Morgan fingerprint density at radius 1 is 1.04 bits per heavy atom. The number of nitrogens with zero attached hydrogens (tertiary/aromatic N) is 2. The molecular formula is C18H16N4O2S. The molecule has 0 spiro atoms. The Morgan fingerprint density at radius 2 is 1.76 bits per heavy atom. The Bertz CT molecular complexity index is 876. The van der Waals surface area contributed by atoms with Crippen molar-refractivity contribution in [2.45, 2.75) is 13.5 Å². The molecule has 3 rings (SSSR count). The Kier molecular flexibility index (Phi) is 5.15. The first-order valence-electron chi connectivity index (χ1n) is 7.62. The van der Waals surface area contributed by atoms with Crippen LogP contribution in [0.4, 0.5) is 5.69 Å². The second-order valence-electron chi connectivity index (χ2n) is 5.32. The van der Waals surface area contributed by atoms with Gasteiger partial charge in [-0.3, -0.25) is 14.6 Å². The third-order valence-electron chi connectivity index (χ3n) is 3.47. The van der Waals surface area contributed by atoms with Crippen LogP contribution in [0.3, 0.4) is 0 Å². The molecule has 1 aromatic carbocycles. The summed E-state index contributed by atoms with van der Waals surface area (Å²) in [7, 11) is 0. The van der Waals surface area contributed by atoms with E-state index in [1.54, 1.807) is 48.0 Å². The normalized spacial score (nSPS) is 10.3. The molecule has 0 fully saturated rings. The fourth-order valence-electron chi connectivity index (χ4n) is 2.17. The van der Waals surface area contributed by atoms with Crippen LogP contribution in [-0.2, 0) is 16.1 Å². The van der Waals surface area contributed by atoms with Gasteiger partial charge >= 0.3 is 11.8 Å². The van der Waals surface area contributed by atoms with Crippen molar-refractivity contribution in [2.24, 2.45) is 0 Å². The van der Waals surface area contributed by atoms with Gasteiger partial charge in [-0.05, 0) is 36.8 Å². The number of hydrogen-bond acceptors (Lipinski definition) is 5. The highest BCUT2D eigenvalue weighted by Crippen LogP contribution is 2.23. The van der Waals surface area contributed by atoms with Gasteiger partial charge in [0.2, 0.25) is 0 Å². The van der Waals surface area contributed by atoms with E-state index in [2.05, 4.69) is 20.6 Å². The molecule has 0 unspecified atom stereocenters. The third kappa shape index (κ3) is 4.48. The standard InChI is InChI=1S/C18H16N4O2S/c1-12-21-16(11-25-12)14-2-4-15(5-3-14)22-18(24)17(23)20-10-13-6-8-19-9-7-13/h2-9,11H,10H2,1H3,(H,20,23)(H,22,24). The van der Waals surface area contributed by atoms with Crippen LogP contribution in [0.2, 0.25) is 0 Å². The third-order valence-corrected chi connectivity index (χ3v) is 4.24. The first kappa shape index (κ1) is 16.8. The van der Waals surface area contributed by atoms with Gasteiger partial charge in [-0.1, -0.05) is 12.1 Å². The molecular weight excluding hydrogens is 336 g/mol. The van der Waals surface area contributed by atoms with E-state index >= 15 is 0 Å². The maximum atomic E-state index is 11.9. The van der Waals surface area contributed by atoms with Gasteiger partial charge in [0, 0.05) is 35.6 Å². The SMILES string of the molecule is Cc1nc(-c2ccc(NC(=O)C(=O)NCc3ccncc3)cc2)cs1. The molecule has 126 valence electrons. The van der Waals surface area contributed by atoms with E-state index in [1.165, 1.54) is 0 Å². The van der Waals surface area contributed by atoms with E-state index in [-0.39, 0.29) is 6.54 Å². The van der Waals surface area contributed by atoms with E-state index in [0.29, 0.717) is 5.69 Å². The molecule has 0 aliphatic rings. The Hall–Kier alpha value is -3.06. The molecule has 2 aromatic heterocycles. The number of benzene rings is 1. The summed E-state index contributed by atoms with van der Waals surface area (Å²) in [5, 5.41) is 8.13. The highest BCUT2D eigenvalue weighted by molar-refractivity contribution is 7.09. The average Bonchev–Trinajstić information content (AvgIpc) is 3.07. The molecule has 2 amide bonds. The molecule has 0 bridgehead atoms. The van der Waals surface area contributed by atoms with Crippen LogP contribution >= 0.6 is 11.3 Å². The first-order chi connectivity index (χ1) is 12.1. The minimum atomic E-state index is -0.702. The fourth-order valence-corrected chi connectivity index (χ4v) is 2.79. The van der Waals surface area contributed by atoms with Crippen LogP contribution < -0.4 is 10.6 Å². The van der Waals surface area contributed by atoms with E-state index in [1.807, 2.05) is 24.4 Å². The molecule has 25 heavy (non-hydrogen) atoms. The maximum Gasteiger partial charge on any atom is 0.313 e. The van der Waals surface area contributed by atoms with Gasteiger partial charge in [0.05, 0.1) is 10.7 Å². The highest BCUT2D eigenvalue weighted by atomic mass is 32.1. The molecule has 0 atom stereocenters. The Labute approximate surface area is 149 Å². The monoisotopic (exact) mass is 352 g/mol. The van der Waals surface area contributed by atoms with Gasteiger partial charge in [0.15, 0.2) is 0 Å². The zero-order valence-corrected chi connectivity index (χ0v) is 14.3. The van der Waals surface area contributed by atoms with Crippen molar-refractivity contribution in [3.05, 3.63) is 64.7 Å². The molecule has 0 saturated carbocycles. The van der Waals surface area contributed by atoms with E-state index in [0.717, 1.165) is 21.8 Å². The van der Waals surface area contributed by atoms with Crippen LogP contribution in [0.1, 0.15) is 10.6 Å². The highest BCUT2D eigenvalue weighted by Gasteiger charge is 2.13. The lowest BCUT2D eigenvalue weighted by Crippen LogP contribution is -2.34. The zero-order valence-electron chi connectivity index (χ0n) is 13.5. The lowest BCUT2D eigenvalue weighted by Gasteiger charge is -2.07. The van der Waals surface area contributed by atoms with Gasteiger partial charge in [-0.25, -0.2) is 4.98 Å². The molecule has 0 aliphatic carbocycles. The number of aryl methyl sites for hydroxylation is 1. The Morgan fingerprint density at radius 3 is 2.40 bits per heavy atom. The lowest BCUT2D eigenvalue weighted by atomic mass is 10.1. The number of carbonyl (C=O) groups excluding carboxylic acids is 2. The summed E-state index contributed by atoms with van der Waals surface area (Å²) in [6.07, 6.45) is 3.26. The number of thiazole rings is 1. The summed E-state index contributed by atoms with van der Waals surface area (Å²) >= 11 is 1.58. The molecule has 0 radical (unpaired) electrons.